The molecule has 0 atom stereocenters. The summed E-state index contributed by atoms with van der Waals surface area (Å²) in [5.74, 6) is 1.07. The molecule has 168 valence electrons. The van der Waals surface area contributed by atoms with Crippen molar-refractivity contribution in [1.82, 2.24) is 10.6 Å². The highest BCUT2D eigenvalue weighted by molar-refractivity contribution is 5.94. The molecular weight excluding hydrogens is 412 g/mol. The fourth-order valence-electron chi connectivity index (χ4n) is 4.06. The second-order valence-corrected chi connectivity index (χ2v) is 7.94. The number of carbonyl (C=O) groups excluding carboxylic acids is 2. The number of hydrogen-bond donors (Lipinski definition) is 2. The molecule has 0 aliphatic heterocycles. The van der Waals surface area contributed by atoms with Gasteiger partial charge in [-0.25, -0.2) is 0 Å². The normalized spacial score (nSPS) is 18.0. The second-order valence-electron chi connectivity index (χ2n) is 7.94. The van der Waals surface area contributed by atoms with Crippen LogP contribution in [0.3, 0.4) is 0 Å². The number of amides is 1. The molecule has 3 rings (SSSR count). The summed E-state index contributed by atoms with van der Waals surface area (Å²) < 4.78 is 5.78. The van der Waals surface area contributed by atoms with E-state index in [1.165, 1.54) is 0 Å². The van der Waals surface area contributed by atoms with Gasteiger partial charge in [0.15, 0.2) is 5.78 Å². The Labute approximate surface area is 191 Å². The van der Waals surface area contributed by atoms with Crippen LogP contribution in [0.25, 0.3) is 11.1 Å². The Balaban J connectivity index is 0.00000341. The second kappa shape index (κ2) is 11.9. The summed E-state index contributed by atoms with van der Waals surface area (Å²) in [7, 11) is 1.99. The van der Waals surface area contributed by atoms with E-state index in [-0.39, 0.29) is 30.0 Å². The van der Waals surface area contributed by atoms with E-state index < -0.39 is 0 Å². The van der Waals surface area contributed by atoms with E-state index in [9.17, 15) is 9.59 Å². The van der Waals surface area contributed by atoms with Gasteiger partial charge >= 0.3 is 0 Å². The van der Waals surface area contributed by atoms with E-state index in [1.807, 2.05) is 50.4 Å². The number of nitrogens with one attached hydrogen (secondary N) is 2. The van der Waals surface area contributed by atoms with Crippen LogP contribution >= 0.6 is 12.4 Å². The molecular formula is C25H33ClN2O3. The van der Waals surface area contributed by atoms with Gasteiger partial charge in [0.1, 0.15) is 5.75 Å². The van der Waals surface area contributed by atoms with Gasteiger partial charge in [-0.2, -0.15) is 0 Å². The van der Waals surface area contributed by atoms with Crippen molar-refractivity contribution in [2.75, 3.05) is 13.7 Å². The highest BCUT2D eigenvalue weighted by atomic mass is 35.5. The molecule has 1 fully saturated rings. The number of halogens is 1. The summed E-state index contributed by atoms with van der Waals surface area (Å²) in [6.07, 6.45) is 3.95. The van der Waals surface area contributed by atoms with Crippen molar-refractivity contribution in [3.05, 3.63) is 53.6 Å². The summed E-state index contributed by atoms with van der Waals surface area (Å²) in [4.78, 5) is 24.2. The fourth-order valence-corrected chi connectivity index (χ4v) is 4.06. The van der Waals surface area contributed by atoms with Gasteiger partial charge in [-0.05, 0) is 69.8 Å². The topological polar surface area (TPSA) is 67.4 Å². The van der Waals surface area contributed by atoms with Crippen molar-refractivity contribution in [3.63, 3.8) is 0 Å². The zero-order valence-corrected chi connectivity index (χ0v) is 19.4. The molecule has 2 N–H and O–H groups in total. The maximum Gasteiger partial charge on any atom is 0.223 e. The van der Waals surface area contributed by atoms with E-state index >= 15 is 0 Å². The molecule has 0 bridgehead atoms. The molecule has 0 saturated heterocycles. The van der Waals surface area contributed by atoms with Crippen molar-refractivity contribution < 1.29 is 14.3 Å². The molecule has 6 heteroatoms. The van der Waals surface area contributed by atoms with Gasteiger partial charge < -0.3 is 15.4 Å². The van der Waals surface area contributed by atoms with Gasteiger partial charge in [-0.1, -0.05) is 30.3 Å². The van der Waals surface area contributed by atoms with Crippen LogP contribution in [-0.4, -0.2) is 31.4 Å². The van der Waals surface area contributed by atoms with Gasteiger partial charge in [0, 0.05) is 29.6 Å². The van der Waals surface area contributed by atoms with E-state index in [4.69, 9.17) is 4.74 Å². The van der Waals surface area contributed by atoms with Crippen molar-refractivity contribution in [2.45, 2.75) is 52.1 Å². The first-order chi connectivity index (χ1) is 14.5. The Bertz CT molecular complexity index is 875. The minimum absolute atomic E-state index is 0. The summed E-state index contributed by atoms with van der Waals surface area (Å²) in [6, 6.07) is 14.2. The van der Waals surface area contributed by atoms with Crippen LogP contribution in [0.1, 0.15) is 55.5 Å². The Kier molecular flexibility index (Phi) is 9.53. The number of carbonyl (C=O) groups is 2. The van der Waals surface area contributed by atoms with Crippen molar-refractivity contribution in [1.29, 1.82) is 0 Å². The quantitative estimate of drug-likeness (QED) is 0.575. The number of rotatable bonds is 8. The zero-order valence-electron chi connectivity index (χ0n) is 18.6. The standard InChI is InChI=1S/C25H32N2O3.ClH/c1-4-30-24-14-11-21(19-7-5-18(6-8-19)17(2)28)15-22(24)16-27-25(29)20-9-12-23(26-3)13-10-20;/h5-8,11,14-15,20,23,26H,4,9-10,12-13,16H2,1-3H3,(H,27,29);1H. The van der Waals surface area contributed by atoms with E-state index in [2.05, 4.69) is 16.7 Å². The largest absolute Gasteiger partial charge is 0.494 e. The number of ether oxygens (including phenoxy) is 1. The lowest BCUT2D eigenvalue weighted by Gasteiger charge is -2.27. The van der Waals surface area contributed by atoms with Crippen LogP contribution in [0.15, 0.2) is 42.5 Å². The Morgan fingerprint density at radius 3 is 2.23 bits per heavy atom. The van der Waals surface area contributed by atoms with E-state index in [0.29, 0.717) is 24.8 Å². The lowest BCUT2D eigenvalue weighted by atomic mass is 9.85. The van der Waals surface area contributed by atoms with Crippen LogP contribution in [0.2, 0.25) is 0 Å². The highest BCUT2D eigenvalue weighted by Crippen LogP contribution is 2.28. The van der Waals surface area contributed by atoms with Crippen molar-refractivity contribution >= 4 is 24.1 Å². The highest BCUT2D eigenvalue weighted by Gasteiger charge is 2.25. The number of ketones is 1. The number of benzene rings is 2. The van der Waals surface area contributed by atoms with Crippen LogP contribution in [0.5, 0.6) is 5.75 Å². The summed E-state index contributed by atoms with van der Waals surface area (Å²) in [6.45, 7) is 4.54. The third-order valence-corrected chi connectivity index (χ3v) is 5.94. The van der Waals surface area contributed by atoms with Crippen molar-refractivity contribution in [3.8, 4) is 16.9 Å². The molecule has 2 aromatic carbocycles. The third kappa shape index (κ3) is 6.55. The Morgan fingerprint density at radius 2 is 1.65 bits per heavy atom. The van der Waals surface area contributed by atoms with Crippen LogP contribution in [0.4, 0.5) is 0 Å². The lowest BCUT2D eigenvalue weighted by Crippen LogP contribution is -2.37. The molecule has 1 amide bonds. The molecule has 2 aromatic rings. The molecule has 31 heavy (non-hydrogen) atoms. The molecule has 1 aliphatic rings. The molecule has 1 aliphatic carbocycles. The molecule has 0 spiro atoms. The fraction of sp³-hybridized carbons (Fsp3) is 0.440. The first kappa shape index (κ1) is 24.9. The first-order valence-electron chi connectivity index (χ1n) is 10.8. The summed E-state index contributed by atoms with van der Waals surface area (Å²) >= 11 is 0. The molecule has 0 radical (unpaired) electrons. The third-order valence-electron chi connectivity index (χ3n) is 5.94. The van der Waals surface area contributed by atoms with Gasteiger partial charge in [0.2, 0.25) is 5.91 Å². The molecule has 5 nitrogen and oxygen atoms in total. The molecule has 1 saturated carbocycles. The maximum atomic E-state index is 12.7. The average Bonchev–Trinajstić information content (AvgIpc) is 2.78. The maximum absolute atomic E-state index is 12.7. The predicted molar refractivity (Wildman–Crippen MR) is 127 cm³/mol. The lowest BCUT2D eigenvalue weighted by molar-refractivity contribution is -0.126. The Hall–Kier alpha value is -2.37. The van der Waals surface area contributed by atoms with Crippen molar-refractivity contribution in [2.24, 2.45) is 5.92 Å². The smallest absolute Gasteiger partial charge is 0.223 e. The molecule has 0 unspecified atom stereocenters. The SMILES string of the molecule is CCOc1ccc(-c2ccc(C(C)=O)cc2)cc1CNC(=O)C1CCC(NC)CC1.Cl. The van der Waals surface area contributed by atoms with Crippen LogP contribution in [-0.2, 0) is 11.3 Å². The number of Topliss-reactive ketones (excluding diaryl/α,β-unsaturated/α-hetero) is 1. The van der Waals surface area contributed by atoms with Gasteiger partial charge in [-0.3, -0.25) is 9.59 Å². The summed E-state index contributed by atoms with van der Waals surface area (Å²) in [5, 5.41) is 6.43. The average molecular weight is 445 g/mol. The van der Waals surface area contributed by atoms with Crippen LogP contribution < -0.4 is 15.4 Å². The Morgan fingerprint density at radius 1 is 1.00 bits per heavy atom. The van der Waals surface area contributed by atoms with Gasteiger partial charge in [-0.15, -0.1) is 12.4 Å². The van der Waals surface area contributed by atoms with Gasteiger partial charge in [0.25, 0.3) is 0 Å². The summed E-state index contributed by atoms with van der Waals surface area (Å²) in [5.41, 5.74) is 3.72. The molecule has 0 heterocycles. The first-order valence-corrected chi connectivity index (χ1v) is 10.8. The van der Waals surface area contributed by atoms with E-state index in [1.54, 1.807) is 6.92 Å². The zero-order chi connectivity index (χ0) is 21.5. The minimum Gasteiger partial charge on any atom is -0.494 e. The minimum atomic E-state index is 0. The number of hydrogen-bond acceptors (Lipinski definition) is 4. The van der Waals surface area contributed by atoms with Crippen LogP contribution in [0, 0.1) is 5.92 Å². The van der Waals surface area contributed by atoms with E-state index in [0.717, 1.165) is 48.1 Å². The predicted octanol–water partition coefficient (Wildman–Crippen LogP) is 4.77. The monoisotopic (exact) mass is 444 g/mol. The van der Waals surface area contributed by atoms with Gasteiger partial charge in [0.05, 0.1) is 6.61 Å². The molecule has 0 aromatic heterocycles.